The Kier molecular flexibility index (Phi) is 8.21. The average molecular weight is 528 g/mol. The van der Waals surface area contributed by atoms with E-state index < -0.39 is 17.9 Å². The Bertz CT molecular complexity index is 1200. The van der Waals surface area contributed by atoms with Crippen LogP contribution < -0.4 is 21.5 Å². The molecule has 0 aliphatic heterocycles. The Morgan fingerprint density at radius 3 is 2.47 bits per heavy atom. The molecule has 1 atom stereocenters. The number of nitrogen functional groups attached to an aromatic ring is 1. The third-order valence-corrected chi connectivity index (χ3v) is 7.98. The SMILES string of the molecule is COc1ccc([C@@H](C(=O)NC2CCCCC2)N(Cc2cccs2)C(=O)c2snc(C(N)=O)c2N)cc1. The number of nitrogens with zero attached hydrogens (tertiary/aromatic N) is 2. The summed E-state index contributed by atoms with van der Waals surface area (Å²) in [5.74, 6) is -0.936. The summed E-state index contributed by atoms with van der Waals surface area (Å²) in [4.78, 5) is 41.9. The minimum Gasteiger partial charge on any atom is -0.497 e. The van der Waals surface area contributed by atoms with E-state index in [-0.39, 0.29) is 34.8 Å². The van der Waals surface area contributed by atoms with Gasteiger partial charge in [-0.25, -0.2) is 0 Å². The molecule has 2 aromatic heterocycles. The molecule has 4 rings (SSSR count). The van der Waals surface area contributed by atoms with Crippen LogP contribution in [0.1, 0.15) is 68.7 Å². The number of methoxy groups -OCH3 is 1. The molecule has 190 valence electrons. The van der Waals surface area contributed by atoms with E-state index in [1.54, 1.807) is 31.4 Å². The molecule has 1 aliphatic carbocycles. The number of hydrogen-bond acceptors (Lipinski definition) is 8. The summed E-state index contributed by atoms with van der Waals surface area (Å²) < 4.78 is 9.28. The fraction of sp³-hybridized carbons (Fsp3) is 0.360. The number of carbonyl (C=O) groups excluding carboxylic acids is 3. The van der Waals surface area contributed by atoms with Crippen LogP contribution in [0.15, 0.2) is 41.8 Å². The second-order valence-electron chi connectivity index (χ2n) is 8.67. The lowest BCUT2D eigenvalue weighted by Crippen LogP contribution is -2.46. The molecular weight excluding hydrogens is 498 g/mol. The van der Waals surface area contributed by atoms with E-state index in [4.69, 9.17) is 16.2 Å². The molecule has 5 N–H and O–H groups in total. The highest BCUT2D eigenvalue weighted by atomic mass is 32.1. The summed E-state index contributed by atoms with van der Waals surface area (Å²) in [5, 5.41) is 5.08. The highest BCUT2D eigenvalue weighted by Gasteiger charge is 2.36. The molecule has 1 aromatic carbocycles. The van der Waals surface area contributed by atoms with Crippen molar-refractivity contribution in [3.63, 3.8) is 0 Å². The van der Waals surface area contributed by atoms with Gasteiger partial charge in [0.05, 0.1) is 19.3 Å². The van der Waals surface area contributed by atoms with E-state index >= 15 is 0 Å². The molecule has 9 nitrogen and oxygen atoms in total. The molecule has 0 unspecified atom stereocenters. The minimum atomic E-state index is -0.939. The molecule has 3 amide bonds. The molecule has 11 heteroatoms. The highest BCUT2D eigenvalue weighted by Crippen LogP contribution is 2.32. The zero-order valence-electron chi connectivity index (χ0n) is 19.9. The second kappa shape index (κ2) is 11.5. The highest BCUT2D eigenvalue weighted by molar-refractivity contribution is 7.10. The number of nitrogens with one attached hydrogen (secondary N) is 1. The van der Waals surface area contributed by atoms with Crippen LogP contribution in [0, 0.1) is 0 Å². The smallest absolute Gasteiger partial charge is 0.270 e. The quantitative estimate of drug-likeness (QED) is 0.387. The zero-order valence-corrected chi connectivity index (χ0v) is 21.6. The van der Waals surface area contributed by atoms with E-state index in [9.17, 15) is 14.4 Å². The maximum Gasteiger partial charge on any atom is 0.270 e. The molecule has 0 bridgehead atoms. The van der Waals surface area contributed by atoms with Crippen molar-refractivity contribution >= 4 is 46.3 Å². The van der Waals surface area contributed by atoms with Crippen LogP contribution in [0.25, 0.3) is 0 Å². The van der Waals surface area contributed by atoms with Gasteiger partial charge in [-0.2, -0.15) is 4.37 Å². The zero-order chi connectivity index (χ0) is 25.7. The fourth-order valence-electron chi connectivity index (χ4n) is 4.40. The monoisotopic (exact) mass is 527 g/mol. The molecule has 3 aromatic rings. The number of ether oxygens (including phenoxy) is 1. The number of aromatic nitrogens is 1. The summed E-state index contributed by atoms with van der Waals surface area (Å²) in [7, 11) is 1.57. The van der Waals surface area contributed by atoms with Crippen LogP contribution in [0.4, 0.5) is 5.69 Å². The number of amides is 3. The number of nitrogens with two attached hydrogens (primary N) is 2. The van der Waals surface area contributed by atoms with E-state index in [0.717, 1.165) is 48.5 Å². The van der Waals surface area contributed by atoms with Gasteiger partial charge in [0, 0.05) is 10.9 Å². The van der Waals surface area contributed by atoms with E-state index in [1.165, 1.54) is 16.2 Å². The summed E-state index contributed by atoms with van der Waals surface area (Å²) in [5.41, 5.74) is 11.9. The number of hydrogen-bond donors (Lipinski definition) is 3. The van der Waals surface area contributed by atoms with Gasteiger partial charge in [0.15, 0.2) is 5.69 Å². The van der Waals surface area contributed by atoms with E-state index in [0.29, 0.717) is 11.3 Å². The minimum absolute atomic E-state index is 0.0561. The van der Waals surface area contributed by atoms with Crippen molar-refractivity contribution in [1.82, 2.24) is 14.6 Å². The number of carbonyl (C=O) groups is 3. The number of rotatable bonds is 9. The Morgan fingerprint density at radius 2 is 1.89 bits per heavy atom. The number of benzene rings is 1. The van der Waals surface area contributed by atoms with Crippen LogP contribution in [0.5, 0.6) is 5.75 Å². The van der Waals surface area contributed by atoms with Crippen molar-refractivity contribution in [2.24, 2.45) is 5.73 Å². The predicted octanol–water partition coefficient (Wildman–Crippen LogP) is 3.73. The molecule has 2 heterocycles. The first-order chi connectivity index (χ1) is 17.4. The normalized spacial score (nSPS) is 14.7. The molecule has 0 radical (unpaired) electrons. The largest absolute Gasteiger partial charge is 0.497 e. The van der Waals surface area contributed by atoms with Gasteiger partial charge in [0.2, 0.25) is 5.91 Å². The standard InChI is InChI=1S/C25H29N5O4S2/c1-34-17-11-9-15(10-12-17)21(24(32)28-16-6-3-2-4-7-16)30(14-18-8-5-13-35-18)25(33)22-19(26)20(23(27)31)29-36-22/h5,8-13,16,21H,2-4,6-7,14,26H2,1H3,(H2,27,31)(H,28,32)/t21-/m0/s1. The summed E-state index contributed by atoms with van der Waals surface area (Å²) in [6.45, 7) is 0.175. The fourth-order valence-corrected chi connectivity index (χ4v) is 5.86. The van der Waals surface area contributed by atoms with Gasteiger partial charge in [-0.1, -0.05) is 37.5 Å². The van der Waals surface area contributed by atoms with Gasteiger partial charge < -0.3 is 26.4 Å². The van der Waals surface area contributed by atoms with Crippen LogP contribution >= 0.6 is 22.9 Å². The molecule has 0 spiro atoms. The Balaban J connectivity index is 1.76. The average Bonchev–Trinajstić information content (AvgIpc) is 3.54. The summed E-state index contributed by atoms with van der Waals surface area (Å²) in [6.07, 6.45) is 5.09. The maximum absolute atomic E-state index is 13.9. The van der Waals surface area contributed by atoms with Crippen molar-refractivity contribution in [2.45, 2.75) is 50.7 Å². The first kappa shape index (κ1) is 25.6. The van der Waals surface area contributed by atoms with E-state index in [2.05, 4.69) is 9.69 Å². The Labute approximate surface area is 217 Å². The van der Waals surface area contributed by atoms with Crippen molar-refractivity contribution in [1.29, 1.82) is 0 Å². The van der Waals surface area contributed by atoms with Crippen LogP contribution in [0.3, 0.4) is 0 Å². The van der Waals surface area contributed by atoms with Crippen LogP contribution in [-0.2, 0) is 11.3 Å². The molecular formula is C25H29N5O4S2. The number of thiophene rings is 1. The van der Waals surface area contributed by atoms with Gasteiger partial charge in [-0.3, -0.25) is 14.4 Å². The maximum atomic E-state index is 13.9. The van der Waals surface area contributed by atoms with Gasteiger partial charge in [-0.05, 0) is 53.5 Å². The predicted molar refractivity (Wildman–Crippen MR) is 140 cm³/mol. The second-order valence-corrected chi connectivity index (χ2v) is 10.5. The van der Waals surface area contributed by atoms with Crippen molar-refractivity contribution in [3.05, 3.63) is 62.8 Å². The molecule has 36 heavy (non-hydrogen) atoms. The first-order valence-corrected chi connectivity index (χ1v) is 13.4. The number of primary amides is 1. The van der Waals surface area contributed by atoms with Crippen molar-refractivity contribution < 1.29 is 19.1 Å². The lowest BCUT2D eigenvalue weighted by atomic mass is 9.94. The lowest BCUT2D eigenvalue weighted by molar-refractivity contribution is -0.127. The van der Waals surface area contributed by atoms with Gasteiger partial charge in [-0.15, -0.1) is 11.3 Å². The summed E-state index contributed by atoms with van der Waals surface area (Å²) >= 11 is 2.29. The van der Waals surface area contributed by atoms with Crippen molar-refractivity contribution in [3.8, 4) is 5.75 Å². The van der Waals surface area contributed by atoms with E-state index in [1.807, 2.05) is 17.5 Å². The lowest BCUT2D eigenvalue weighted by Gasteiger charge is -2.33. The molecule has 1 fully saturated rings. The third-order valence-electron chi connectivity index (χ3n) is 6.27. The topological polar surface area (TPSA) is 141 Å². The number of anilines is 1. The molecule has 1 saturated carbocycles. The van der Waals surface area contributed by atoms with Crippen LogP contribution in [0.2, 0.25) is 0 Å². The van der Waals surface area contributed by atoms with Crippen LogP contribution in [-0.4, -0.2) is 40.1 Å². The molecule has 1 aliphatic rings. The Morgan fingerprint density at radius 1 is 1.17 bits per heavy atom. The van der Waals surface area contributed by atoms with Crippen molar-refractivity contribution in [2.75, 3.05) is 12.8 Å². The first-order valence-electron chi connectivity index (χ1n) is 11.7. The van der Waals surface area contributed by atoms with Gasteiger partial charge >= 0.3 is 0 Å². The molecule has 0 saturated heterocycles. The third kappa shape index (κ3) is 5.68. The summed E-state index contributed by atoms with van der Waals surface area (Å²) in [6, 6.07) is 9.99. The van der Waals surface area contributed by atoms with Gasteiger partial charge in [0.25, 0.3) is 11.8 Å². The van der Waals surface area contributed by atoms with Gasteiger partial charge in [0.1, 0.15) is 16.7 Å². The Hall–Kier alpha value is -3.44.